The van der Waals surface area contributed by atoms with Crippen molar-refractivity contribution in [3.8, 4) is 97.4 Å². The van der Waals surface area contributed by atoms with Gasteiger partial charge in [0.15, 0.2) is 22.7 Å². The first-order valence-electron chi connectivity index (χ1n) is 24.6. The van der Waals surface area contributed by atoms with Crippen molar-refractivity contribution in [3.05, 3.63) is 256 Å². The van der Waals surface area contributed by atoms with Gasteiger partial charge in [-0.1, -0.05) is 91.0 Å². The van der Waals surface area contributed by atoms with E-state index < -0.39 is 0 Å². The van der Waals surface area contributed by atoms with E-state index in [-0.39, 0.29) is 0 Å². The van der Waals surface area contributed by atoms with E-state index in [0.29, 0.717) is 134 Å². The summed E-state index contributed by atoms with van der Waals surface area (Å²) in [6, 6.07) is 62.7. The summed E-state index contributed by atoms with van der Waals surface area (Å²) < 4.78 is 4.19. The molecule has 0 aliphatic carbocycles. The highest BCUT2D eigenvalue weighted by atomic mass is 15.0. The van der Waals surface area contributed by atoms with Crippen LogP contribution in [0.25, 0.3) is 130 Å². The SMILES string of the molecule is [C-]#[N+]c1ccc(-c2ccc3c4ccc(-c5ccc(C#N)cc5C#N)cc4n(-c4cc(C#N)cc(-n5c6cc(-c7ccc(C#N)cc7[N+]#[C-])ccc6c6ccc(-c7ccc([N+]#[C-])cc7[N+]#[C-])cc65)c4-c4ccncc4)c3c2)c(C#N)c1. The molecular weight excluding hydrogens is 985 g/mol. The van der Waals surface area contributed by atoms with E-state index in [4.69, 9.17) is 26.3 Å². The number of nitrogens with zero attached hydrogens (tertiary/aromatic N) is 12. The number of aromatic nitrogens is 3. The molecule has 12 aromatic rings. The van der Waals surface area contributed by atoms with Crippen molar-refractivity contribution in [1.29, 1.82) is 26.3 Å². The Kier molecular flexibility index (Phi) is 11.7. The second-order valence-corrected chi connectivity index (χ2v) is 18.7. The Bertz CT molecular complexity index is 4570. The van der Waals surface area contributed by atoms with Crippen molar-refractivity contribution in [2.24, 2.45) is 0 Å². The zero-order valence-corrected chi connectivity index (χ0v) is 41.7. The summed E-state index contributed by atoms with van der Waals surface area (Å²) in [7, 11) is 0. The molecule has 9 aromatic carbocycles. The minimum absolute atomic E-state index is 0.296. The van der Waals surface area contributed by atoms with Crippen molar-refractivity contribution in [2.45, 2.75) is 0 Å². The van der Waals surface area contributed by atoms with Crippen LogP contribution in [0.3, 0.4) is 0 Å². The third kappa shape index (κ3) is 7.82. The third-order valence-corrected chi connectivity index (χ3v) is 14.5. The Balaban J connectivity index is 1.25. The average Bonchev–Trinajstić information content (AvgIpc) is 4.03. The summed E-state index contributed by atoms with van der Waals surface area (Å²) in [5, 5.41) is 55.1. The highest BCUT2D eigenvalue weighted by Gasteiger charge is 2.26. The van der Waals surface area contributed by atoms with Crippen molar-refractivity contribution in [3.63, 3.8) is 0 Å². The van der Waals surface area contributed by atoms with E-state index in [1.807, 2.05) is 97.1 Å². The van der Waals surface area contributed by atoms with Gasteiger partial charge in [0.2, 0.25) is 0 Å². The van der Waals surface area contributed by atoms with Gasteiger partial charge in [-0.05, 0) is 129 Å². The maximum atomic E-state index is 11.3. The third-order valence-electron chi connectivity index (χ3n) is 14.5. The number of rotatable bonds is 7. The molecule has 362 valence electrons. The van der Waals surface area contributed by atoms with Gasteiger partial charge in [-0.2, -0.15) is 26.3 Å². The minimum Gasteiger partial charge on any atom is -0.308 e. The van der Waals surface area contributed by atoms with Crippen LogP contribution in [0.15, 0.2) is 182 Å². The van der Waals surface area contributed by atoms with Gasteiger partial charge in [0.1, 0.15) is 0 Å². The zero-order chi connectivity index (χ0) is 55.2. The lowest BCUT2D eigenvalue weighted by molar-refractivity contribution is 1.13. The van der Waals surface area contributed by atoms with Crippen LogP contribution in [0.2, 0.25) is 0 Å². The molecule has 0 aliphatic rings. The van der Waals surface area contributed by atoms with E-state index >= 15 is 0 Å². The first-order valence-corrected chi connectivity index (χ1v) is 24.6. The predicted octanol–water partition coefficient (Wildman–Crippen LogP) is 17.2. The standard InChI is InChI=1S/C68H30N12/c1-74-50-11-19-53(49(29-50)39-73)45-8-16-57-56-15-7-44(52-13-5-40(35-69)25-48(52)38-72)30-62(56)79(63(57)31-45)66-27-42(37-71)28-67(68(66)43-21-23-78-24-22-43)80-64-32-46(54-14-6-41(36-70)26-60(54)76-3)9-17-58(64)59-18-10-47(33-65(59)80)55-20-12-51(75-2)34-61(55)77-4/h5-34H. The van der Waals surface area contributed by atoms with E-state index in [1.165, 1.54) is 0 Å². The second-order valence-electron chi connectivity index (χ2n) is 18.7. The summed E-state index contributed by atoms with van der Waals surface area (Å²) in [5.41, 5.74) is 13.5. The van der Waals surface area contributed by atoms with Crippen molar-refractivity contribution >= 4 is 66.4 Å². The quantitative estimate of drug-likeness (QED) is 0.145. The van der Waals surface area contributed by atoms with Crippen LogP contribution in [0.4, 0.5) is 22.7 Å². The van der Waals surface area contributed by atoms with Gasteiger partial charge < -0.3 is 9.13 Å². The summed E-state index contributed by atoms with van der Waals surface area (Å²) in [6.07, 6.45) is 3.40. The number of hydrogen-bond donors (Lipinski definition) is 0. The summed E-state index contributed by atoms with van der Waals surface area (Å²) in [5.74, 6) is 0. The summed E-state index contributed by atoms with van der Waals surface area (Å²) in [4.78, 5) is 19.3. The van der Waals surface area contributed by atoms with Crippen LogP contribution in [0.1, 0.15) is 27.8 Å². The first-order chi connectivity index (χ1) is 39.2. The van der Waals surface area contributed by atoms with Crippen molar-refractivity contribution in [2.75, 3.05) is 0 Å². The topological polar surface area (TPSA) is 159 Å². The van der Waals surface area contributed by atoms with Crippen LogP contribution in [0.5, 0.6) is 0 Å². The lowest BCUT2D eigenvalue weighted by atomic mass is 9.96. The van der Waals surface area contributed by atoms with Crippen LogP contribution < -0.4 is 0 Å². The molecule has 80 heavy (non-hydrogen) atoms. The molecule has 0 unspecified atom stereocenters. The molecule has 12 rings (SSSR count). The van der Waals surface area contributed by atoms with E-state index in [2.05, 4.69) is 63.8 Å². The van der Waals surface area contributed by atoms with Gasteiger partial charge in [0.05, 0.1) is 107 Å². The monoisotopic (exact) mass is 1010 g/mol. The van der Waals surface area contributed by atoms with Gasteiger partial charge >= 0.3 is 0 Å². The summed E-state index contributed by atoms with van der Waals surface area (Å²) >= 11 is 0. The van der Waals surface area contributed by atoms with Crippen molar-refractivity contribution < 1.29 is 0 Å². The Morgan fingerprint density at radius 1 is 0.338 bits per heavy atom. The van der Waals surface area contributed by atoms with Gasteiger partial charge in [0, 0.05) is 50.6 Å². The molecule has 0 spiro atoms. The van der Waals surface area contributed by atoms with Gasteiger partial charge in [0.25, 0.3) is 0 Å². The van der Waals surface area contributed by atoms with Crippen LogP contribution in [0, 0.1) is 82.9 Å². The summed E-state index contributed by atoms with van der Waals surface area (Å²) in [6.45, 7) is 31.6. The molecule has 0 bridgehead atoms. The fourth-order valence-electron chi connectivity index (χ4n) is 10.8. The zero-order valence-electron chi connectivity index (χ0n) is 41.7. The highest BCUT2D eigenvalue weighted by Crippen LogP contribution is 2.47. The normalized spacial score (nSPS) is 10.6. The second kappa shape index (κ2) is 19.4. The Hall–Kier alpha value is -12.9. The Labute approximate surface area is 457 Å². The van der Waals surface area contributed by atoms with Crippen LogP contribution >= 0.6 is 0 Å². The highest BCUT2D eigenvalue weighted by molar-refractivity contribution is 6.14. The molecule has 3 heterocycles. The lowest BCUT2D eigenvalue weighted by Crippen LogP contribution is -2.05. The minimum atomic E-state index is 0.296. The molecule has 0 radical (unpaired) electrons. The first kappa shape index (κ1) is 48.1. The fraction of sp³-hybridized carbons (Fsp3) is 0. The molecular formula is C68H30N12. The molecule has 0 fully saturated rings. The molecule has 0 saturated carbocycles. The lowest BCUT2D eigenvalue weighted by Gasteiger charge is -2.21. The molecule has 12 nitrogen and oxygen atoms in total. The molecule has 3 aromatic heterocycles. The molecule has 12 heteroatoms. The number of hydrogen-bond acceptors (Lipinski definition) is 6. The maximum absolute atomic E-state index is 11.3. The molecule has 0 amide bonds. The number of fused-ring (bicyclic) bond motifs is 6. The number of nitriles is 5. The van der Waals surface area contributed by atoms with Crippen LogP contribution in [-0.4, -0.2) is 14.1 Å². The van der Waals surface area contributed by atoms with Gasteiger partial charge in [-0.15, -0.1) is 0 Å². The molecule has 0 atom stereocenters. The van der Waals surface area contributed by atoms with Crippen molar-refractivity contribution in [1.82, 2.24) is 14.1 Å². The number of pyridine rings is 1. The maximum Gasteiger partial charge on any atom is 0.196 e. The molecule has 0 N–H and O–H groups in total. The smallest absolute Gasteiger partial charge is 0.196 e. The fourth-order valence-corrected chi connectivity index (χ4v) is 10.8. The van der Waals surface area contributed by atoms with Crippen LogP contribution in [-0.2, 0) is 0 Å². The number of benzene rings is 9. The largest absolute Gasteiger partial charge is 0.308 e. The van der Waals surface area contributed by atoms with E-state index in [1.54, 1.807) is 85.2 Å². The average molecular weight is 1020 g/mol. The predicted molar refractivity (Wildman–Crippen MR) is 309 cm³/mol. The van der Waals surface area contributed by atoms with E-state index in [0.717, 1.165) is 27.1 Å². The Morgan fingerprint density at radius 2 is 0.738 bits per heavy atom. The van der Waals surface area contributed by atoms with E-state index in [9.17, 15) is 26.3 Å². The molecule has 0 saturated heterocycles. The van der Waals surface area contributed by atoms with Gasteiger partial charge in [-0.25, -0.2) is 19.4 Å². The van der Waals surface area contributed by atoms with Gasteiger partial charge in [-0.3, -0.25) is 4.98 Å². The molecule has 0 aliphatic heterocycles. The Morgan fingerprint density at radius 3 is 1.19 bits per heavy atom.